The number of benzene rings is 1. The standard InChI is InChI=1S/C18H29BrN2/c1-13(2)10-11-21(15-6-4-5-7-15)16-8-9-17(14(3)20)18(19)12-16/h8-9,12-15H,4-7,10-11,20H2,1-3H3. The third-order valence-electron chi connectivity index (χ3n) is 4.52. The van der Waals surface area contributed by atoms with Crippen LogP contribution in [0.15, 0.2) is 22.7 Å². The van der Waals surface area contributed by atoms with Gasteiger partial charge in [0.1, 0.15) is 0 Å². The zero-order valence-corrected chi connectivity index (χ0v) is 15.2. The van der Waals surface area contributed by atoms with Crippen molar-refractivity contribution in [2.24, 2.45) is 11.7 Å². The molecule has 1 aromatic carbocycles. The van der Waals surface area contributed by atoms with Gasteiger partial charge in [-0.2, -0.15) is 0 Å². The van der Waals surface area contributed by atoms with E-state index < -0.39 is 0 Å². The van der Waals surface area contributed by atoms with Gasteiger partial charge in [0.15, 0.2) is 0 Å². The molecule has 1 aliphatic rings. The van der Waals surface area contributed by atoms with Gasteiger partial charge in [-0.15, -0.1) is 0 Å². The fourth-order valence-electron chi connectivity index (χ4n) is 3.20. The zero-order valence-electron chi connectivity index (χ0n) is 13.6. The van der Waals surface area contributed by atoms with Crippen molar-refractivity contribution in [3.05, 3.63) is 28.2 Å². The minimum atomic E-state index is 0.0732. The topological polar surface area (TPSA) is 29.3 Å². The molecule has 2 N–H and O–H groups in total. The van der Waals surface area contributed by atoms with E-state index in [1.807, 2.05) is 6.92 Å². The molecule has 0 spiro atoms. The van der Waals surface area contributed by atoms with Gasteiger partial charge in [0.25, 0.3) is 0 Å². The van der Waals surface area contributed by atoms with Crippen LogP contribution in [0.5, 0.6) is 0 Å². The van der Waals surface area contributed by atoms with Crippen LogP contribution in [-0.2, 0) is 0 Å². The Balaban J connectivity index is 2.20. The normalized spacial score (nSPS) is 17.4. The van der Waals surface area contributed by atoms with Gasteiger partial charge >= 0.3 is 0 Å². The SMILES string of the molecule is CC(C)CCN(c1ccc(C(C)N)c(Br)c1)C1CCCC1. The minimum absolute atomic E-state index is 0.0732. The Bertz CT molecular complexity index is 451. The van der Waals surface area contributed by atoms with E-state index in [0.717, 1.165) is 23.0 Å². The summed E-state index contributed by atoms with van der Waals surface area (Å²) in [7, 11) is 0. The number of nitrogens with zero attached hydrogens (tertiary/aromatic N) is 1. The molecular formula is C18H29BrN2. The molecule has 0 saturated heterocycles. The lowest BCUT2D eigenvalue weighted by atomic mass is 10.1. The highest BCUT2D eigenvalue weighted by atomic mass is 79.9. The molecule has 0 amide bonds. The molecule has 21 heavy (non-hydrogen) atoms. The summed E-state index contributed by atoms with van der Waals surface area (Å²) in [6.45, 7) is 7.81. The summed E-state index contributed by atoms with van der Waals surface area (Å²) in [6, 6.07) is 7.49. The van der Waals surface area contributed by atoms with Gasteiger partial charge in [0.2, 0.25) is 0 Å². The summed E-state index contributed by atoms with van der Waals surface area (Å²) in [5.74, 6) is 0.751. The van der Waals surface area contributed by atoms with E-state index in [9.17, 15) is 0 Å². The number of halogens is 1. The first-order chi connectivity index (χ1) is 9.99. The van der Waals surface area contributed by atoms with Gasteiger partial charge in [-0.05, 0) is 49.8 Å². The van der Waals surface area contributed by atoms with Crippen LogP contribution in [0, 0.1) is 5.92 Å². The fraction of sp³-hybridized carbons (Fsp3) is 0.667. The molecule has 2 nitrogen and oxygen atoms in total. The summed E-state index contributed by atoms with van der Waals surface area (Å²) in [5.41, 5.74) is 8.55. The maximum Gasteiger partial charge on any atom is 0.0380 e. The van der Waals surface area contributed by atoms with E-state index >= 15 is 0 Å². The molecule has 0 heterocycles. The van der Waals surface area contributed by atoms with Crippen molar-refractivity contribution in [1.29, 1.82) is 0 Å². The molecule has 3 heteroatoms. The summed E-state index contributed by atoms with van der Waals surface area (Å²) in [6.07, 6.45) is 6.68. The van der Waals surface area contributed by atoms with E-state index in [0.29, 0.717) is 0 Å². The Morgan fingerprint density at radius 1 is 1.24 bits per heavy atom. The van der Waals surface area contributed by atoms with Gasteiger partial charge in [0.05, 0.1) is 0 Å². The van der Waals surface area contributed by atoms with Crippen molar-refractivity contribution in [3.63, 3.8) is 0 Å². The predicted octanol–water partition coefficient (Wildman–Crippen LogP) is 5.26. The predicted molar refractivity (Wildman–Crippen MR) is 95.8 cm³/mol. The monoisotopic (exact) mass is 352 g/mol. The highest BCUT2D eigenvalue weighted by Gasteiger charge is 2.23. The van der Waals surface area contributed by atoms with Crippen molar-refractivity contribution in [2.45, 2.75) is 65.0 Å². The Morgan fingerprint density at radius 2 is 1.90 bits per heavy atom. The van der Waals surface area contributed by atoms with Gasteiger partial charge in [-0.3, -0.25) is 0 Å². The third kappa shape index (κ3) is 4.46. The van der Waals surface area contributed by atoms with Crippen LogP contribution < -0.4 is 10.6 Å². The largest absolute Gasteiger partial charge is 0.369 e. The molecule has 1 aromatic rings. The number of rotatable bonds is 6. The highest BCUT2D eigenvalue weighted by molar-refractivity contribution is 9.10. The third-order valence-corrected chi connectivity index (χ3v) is 5.21. The maximum absolute atomic E-state index is 6.02. The van der Waals surface area contributed by atoms with E-state index in [-0.39, 0.29) is 6.04 Å². The molecule has 1 saturated carbocycles. The summed E-state index contributed by atoms with van der Waals surface area (Å²) >= 11 is 3.70. The lowest BCUT2D eigenvalue weighted by Crippen LogP contribution is -2.34. The molecule has 0 aliphatic heterocycles. The first-order valence-electron chi connectivity index (χ1n) is 8.30. The molecule has 0 radical (unpaired) electrons. The van der Waals surface area contributed by atoms with Crippen molar-refractivity contribution in [1.82, 2.24) is 0 Å². The molecule has 1 aliphatic carbocycles. The van der Waals surface area contributed by atoms with E-state index in [2.05, 4.69) is 52.9 Å². The molecule has 1 fully saturated rings. The number of hydrogen-bond donors (Lipinski definition) is 1. The number of hydrogen-bond acceptors (Lipinski definition) is 2. The molecule has 0 aromatic heterocycles. The van der Waals surface area contributed by atoms with Crippen LogP contribution in [-0.4, -0.2) is 12.6 Å². The second-order valence-corrected chi connectivity index (χ2v) is 7.66. The first-order valence-corrected chi connectivity index (χ1v) is 9.10. The van der Waals surface area contributed by atoms with Gasteiger partial charge in [0, 0.05) is 28.8 Å². The summed E-state index contributed by atoms with van der Waals surface area (Å²) in [4.78, 5) is 2.63. The van der Waals surface area contributed by atoms with Crippen molar-refractivity contribution in [2.75, 3.05) is 11.4 Å². The van der Waals surface area contributed by atoms with Crippen LogP contribution in [0.2, 0.25) is 0 Å². The van der Waals surface area contributed by atoms with E-state index in [1.54, 1.807) is 0 Å². The molecule has 1 atom stereocenters. The van der Waals surface area contributed by atoms with Crippen molar-refractivity contribution in [3.8, 4) is 0 Å². The number of nitrogens with two attached hydrogens (primary N) is 1. The Kier molecular flexibility index (Phi) is 6.12. The molecule has 0 bridgehead atoms. The molecule has 2 rings (SSSR count). The van der Waals surface area contributed by atoms with Crippen LogP contribution in [0.3, 0.4) is 0 Å². The smallest absolute Gasteiger partial charge is 0.0380 e. The lowest BCUT2D eigenvalue weighted by molar-refractivity contribution is 0.528. The Labute approximate surface area is 138 Å². The molecule has 118 valence electrons. The molecule has 1 unspecified atom stereocenters. The Hall–Kier alpha value is -0.540. The highest BCUT2D eigenvalue weighted by Crippen LogP contribution is 2.32. The maximum atomic E-state index is 6.02. The zero-order chi connectivity index (χ0) is 15.4. The van der Waals surface area contributed by atoms with E-state index in [4.69, 9.17) is 5.73 Å². The summed E-state index contributed by atoms with van der Waals surface area (Å²) in [5, 5.41) is 0. The average molecular weight is 353 g/mol. The quantitative estimate of drug-likeness (QED) is 0.755. The minimum Gasteiger partial charge on any atom is -0.369 e. The van der Waals surface area contributed by atoms with Crippen LogP contribution in [0.4, 0.5) is 5.69 Å². The fourth-order valence-corrected chi connectivity index (χ4v) is 3.93. The summed E-state index contributed by atoms with van der Waals surface area (Å²) < 4.78 is 1.14. The van der Waals surface area contributed by atoms with Crippen LogP contribution in [0.1, 0.15) is 64.5 Å². The van der Waals surface area contributed by atoms with Crippen molar-refractivity contribution >= 4 is 21.6 Å². The second-order valence-electron chi connectivity index (χ2n) is 6.81. The molecular weight excluding hydrogens is 324 g/mol. The van der Waals surface area contributed by atoms with Crippen molar-refractivity contribution < 1.29 is 0 Å². The van der Waals surface area contributed by atoms with E-state index in [1.165, 1.54) is 43.4 Å². The van der Waals surface area contributed by atoms with Crippen LogP contribution in [0.25, 0.3) is 0 Å². The second kappa shape index (κ2) is 7.64. The van der Waals surface area contributed by atoms with Gasteiger partial charge < -0.3 is 10.6 Å². The average Bonchev–Trinajstić information content (AvgIpc) is 2.92. The Morgan fingerprint density at radius 3 is 2.43 bits per heavy atom. The van der Waals surface area contributed by atoms with Gasteiger partial charge in [-0.1, -0.05) is 48.7 Å². The lowest BCUT2D eigenvalue weighted by Gasteiger charge is -2.32. The number of anilines is 1. The van der Waals surface area contributed by atoms with Crippen LogP contribution >= 0.6 is 15.9 Å². The van der Waals surface area contributed by atoms with Gasteiger partial charge in [-0.25, -0.2) is 0 Å². The first kappa shape index (κ1) is 16.8.